The van der Waals surface area contributed by atoms with Gasteiger partial charge < -0.3 is 9.80 Å². The summed E-state index contributed by atoms with van der Waals surface area (Å²) in [5.74, 6) is 2.79. The number of nitrogens with zero attached hydrogens (tertiary/aromatic N) is 5. The van der Waals surface area contributed by atoms with E-state index in [0.717, 1.165) is 56.6 Å². The van der Waals surface area contributed by atoms with Crippen molar-refractivity contribution >= 4 is 11.7 Å². The Morgan fingerprint density at radius 3 is 2.32 bits per heavy atom. The van der Waals surface area contributed by atoms with Gasteiger partial charge in [0.1, 0.15) is 11.6 Å². The third kappa shape index (κ3) is 3.64. The fraction of sp³-hybridized carbons (Fsp3) is 0.737. The molecule has 2 aliphatic heterocycles. The standard InChI is InChI=1S/C19H29N5O/c1-14-13-17(21-15(2)20-14)22-9-11-24(12-10-22)19(25)18(16-5-6-16)23-7-3-4-8-23/h13,16,18H,3-12H2,1-2H3. The van der Waals surface area contributed by atoms with Crippen LogP contribution in [0.4, 0.5) is 5.82 Å². The van der Waals surface area contributed by atoms with Crippen molar-refractivity contribution < 1.29 is 4.79 Å². The summed E-state index contributed by atoms with van der Waals surface area (Å²) in [5, 5.41) is 0. The first-order valence-electron chi connectivity index (χ1n) is 9.72. The molecule has 2 saturated heterocycles. The molecule has 25 heavy (non-hydrogen) atoms. The first-order chi connectivity index (χ1) is 12.1. The maximum Gasteiger partial charge on any atom is 0.240 e. The lowest BCUT2D eigenvalue weighted by molar-refractivity contribution is -0.137. The average molecular weight is 343 g/mol. The van der Waals surface area contributed by atoms with Gasteiger partial charge in [-0.25, -0.2) is 9.97 Å². The van der Waals surface area contributed by atoms with E-state index < -0.39 is 0 Å². The van der Waals surface area contributed by atoms with Gasteiger partial charge in [-0.2, -0.15) is 0 Å². The van der Waals surface area contributed by atoms with Crippen molar-refractivity contribution in [2.75, 3.05) is 44.2 Å². The summed E-state index contributed by atoms with van der Waals surface area (Å²) in [5.41, 5.74) is 1.00. The van der Waals surface area contributed by atoms with Gasteiger partial charge in [0.2, 0.25) is 5.91 Å². The Morgan fingerprint density at radius 2 is 1.72 bits per heavy atom. The molecule has 0 bridgehead atoms. The highest BCUT2D eigenvalue weighted by Gasteiger charge is 2.43. The maximum absolute atomic E-state index is 13.2. The Morgan fingerprint density at radius 1 is 1.04 bits per heavy atom. The van der Waals surface area contributed by atoms with Gasteiger partial charge in [-0.1, -0.05) is 0 Å². The number of carbonyl (C=O) groups excluding carboxylic acids is 1. The molecule has 0 radical (unpaired) electrons. The van der Waals surface area contributed by atoms with Gasteiger partial charge in [-0.3, -0.25) is 9.69 Å². The van der Waals surface area contributed by atoms with Crippen LogP contribution < -0.4 is 4.90 Å². The van der Waals surface area contributed by atoms with Crippen LogP contribution in [0.3, 0.4) is 0 Å². The van der Waals surface area contributed by atoms with E-state index in [2.05, 4.69) is 24.7 Å². The Bertz CT molecular complexity index is 610. The zero-order chi connectivity index (χ0) is 17.4. The van der Waals surface area contributed by atoms with Crippen LogP contribution in [-0.2, 0) is 4.79 Å². The van der Waals surface area contributed by atoms with Crippen molar-refractivity contribution in [2.45, 2.75) is 45.6 Å². The van der Waals surface area contributed by atoms with Gasteiger partial charge in [0.15, 0.2) is 0 Å². The number of carbonyl (C=O) groups is 1. The number of aryl methyl sites for hydroxylation is 2. The summed E-state index contributed by atoms with van der Waals surface area (Å²) in [4.78, 5) is 28.9. The van der Waals surface area contributed by atoms with Crippen molar-refractivity contribution in [3.63, 3.8) is 0 Å². The van der Waals surface area contributed by atoms with Crippen molar-refractivity contribution in [3.05, 3.63) is 17.6 Å². The molecule has 1 aromatic rings. The summed E-state index contributed by atoms with van der Waals surface area (Å²) >= 11 is 0. The minimum Gasteiger partial charge on any atom is -0.353 e. The quantitative estimate of drug-likeness (QED) is 0.831. The molecule has 1 aromatic heterocycles. The molecule has 0 N–H and O–H groups in total. The van der Waals surface area contributed by atoms with E-state index in [9.17, 15) is 4.79 Å². The Labute approximate surface area is 150 Å². The molecule has 3 heterocycles. The topological polar surface area (TPSA) is 52.6 Å². The summed E-state index contributed by atoms with van der Waals surface area (Å²) in [6.45, 7) is 9.48. The Balaban J connectivity index is 1.39. The number of rotatable bonds is 4. The van der Waals surface area contributed by atoms with E-state index in [-0.39, 0.29) is 6.04 Å². The predicted molar refractivity (Wildman–Crippen MR) is 97.6 cm³/mol. The van der Waals surface area contributed by atoms with E-state index in [4.69, 9.17) is 0 Å². The largest absolute Gasteiger partial charge is 0.353 e. The molecule has 1 aliphatic carbocycles. The van der Waals surface area contributed by atoms with Crippen LogP contribution in [-0.4, -0.2) is 71.0 Å². The van der Waals surface area contributed by atoms with Gasteiger partial charge >= 0.3 is 0 Å². The highest BCUT2D eigenvalue weighted by molar-refractivity contribution is 5.83. The lowest BCUT2D eigenvalue weighted by atomic mass is 10.1. The molecule has 1 unspecified atom stereocenters. The molecule has 0 spiro atoms. The molecule has 6 nitrogen and oxygen atoms in total. The minimum absolute atomic E-state index is 0.151. The minimum atomic E-state index is 0.151. The van der Waals surface area contributed by atoms with Crippen LogP contribution in [0.25, 0.3) is 0 Å². The monoisotopic (exact) mass is 343 g/mol. The highest BCUT2D eigenvalue weighted by atomic mass is 16.2. The zero-order valence-corrected chi connectivity index (χ0v) is 15.4. The molecule has 1 saturated carbocycles. The molecule has 0 aromatic carbocycles. The first-order valence-corrected chi connectivity index (χ1v) is 9.72. The van der Waals surface area contributed by atoms with Gasteiger partial charge in [0.25, 0.3) is 0 Å². The third-order valence-corrected chi connectivity index (χ3v) is 5.72. The second kappa shape index (κ2) is 6.90. The van der Waals surface area contributed by atoms with Crippen LogP contribution in [0.15, 0.2) is 6.07 Å². The smallest absolute Gasteiger partial charge is 0.240 e. The van der Waals surface area contributed by atoms with Crippen molar-refractivity contribution in [2.24, 2.45) is 5.92 Å². The zero-order valence-electron chi connectivity index (χ0n) is 15.4. The van der Waals surface area contributed by atoms with E-state index in [1.165, 1.54) is 25.7 Å². The summed E-state index contributed by atoms with van der Waals surface area (Å²) in [6.07, 6.45) is 4.95. The number of aromatic nitrogens is 2. The molecule has 1 amide bonds. The van der Waals surface area contributed by atoms with Crippen LogP contribution in [0.5, 0.6) is 0 Å². The maximum atomic E-state index is 13.2. The first kappa shape index (κ1) is 16.8. The third-order valence-electron chi connectivity index (χ3n) is 5.72. The van der Waals surface area contributed by atoms with Crippen LogP contribution in [0, 0.1) is 19.8 Å². The Kier molecular flexibility index (Phi) is 4.63. The lowest BCUT2D eigenvalue weighted by Gasteiger charge is -2.39. The summed E-state index contributed by atoms with van der Waals surface area (Å²) in [7, 11) is 0. The molecule has 3 fully saturated rings. The summed E-state index contributed by atoms with van der Waals surface area (Å²) < 4.78 is 0. The van der Waals surface area contributed by atoms with Gasteiger partial charge in [-0.15, -0.1) is 0 Å². The number of anilines is 1. The van der Waals surface area contributed by atoms with E-state index in [1.54, 1.807) is 0 Å². The normalized spacial score (nSPS) is 23.1. The van der Waals surface area contributed by atoms with Crippen molar-refractivity contribution in [1.82, 2.24) is 19.8 Å². The molecular weight excluding hydrogens is 314 g/mol. The van der Waals surface area contributed by atoms with E-state index >= 15 is 0 Å². The number of hydrogen-bond acceptors (Lipinski definition) is 5. The molecule has 1 atom stereocenters. The van der Waals surface area contributed by atoms with Crippen LogP contribution in [0.2, 0.25) is 0 Å². The van der Waals surface area contributed by atoms with Gasteiger partial charge in [0.05, 0.1) is 6.04 Å². The number of amides is 1. The van der Waals surface area contributed by atoms with Gasteiger partial charge in [-0.05, 0) is 58.5 Å². The highest BCUT2D eigenvalue weighted by Crippen LogP contribution is 2.37. The number of piperazine rings is 1. The second-order valence-corrected chi connectivity index (χ2v) is 7.75. The fourth-order valence-corrected chi connectivity index (χ4v) is 4.29. The SMILES string of the molecule is Cc1cc(N2CCN(C(=O)C(C3CC3)N3CCCC3)CC2)nc(C)n1. The predicted octanol–water partition coefficient (Wildman–Crippen LogP) is 1.62. The van der Waals surface area contributed by atoms with Crippen LogP contribution >= 0.6 is 0 Å². The molecular formula is C19H29N5O. The lowest BCUT2D eigenvalue weighted by Crippen LogP contribution is -2.55. The average Bonchev–Trinajstić information content (AvgIpc) is 3.28. The van der Waals surface area contributed by atoms with Gasteiger partial charge in [0, 0.05) is 37.9 Å². The van der Waals surface area contributed by atoms with Crippen molar-refractivity contribution in [1.29, 1.82) is 0 Å². The molecule has 136 valence electrons. The molecule has 4 rings (SSSR count). The van der Waals surface area contributed by atoms with Crippen LogP contribution in [0.1, 0.15) is 37.2 Å². The Hall–Kier alpha value is -1.69. The van der Waals surface area contributed by atoms with Crippen molar-refractivity contribution in [3.8, 4) is 0 Å². The summed E-state index contributed by atoms with van der Waals surface area (Å²) in [6, 6.07) is 2.19. The number of hydrogen-bond donors (Lipinski definition) is 0. The molecule has 3 aliphatic rings. The van der Waals surface area contributed by atoms with E-state index in [1.807, 2.05) is 19.9 Å². The number of likely N-dealkylation sites (tertiary alicyclic amines) is 1. The second-order valence-electron chi connectivity index (χ2n) is 7.75. The fourth-order valence-electron chi connectivity index (χ4n) is 4.29. The van der Waals surface area contributed by atoms with E-state index in [0.29, 0.717) is 11.8 Å². The molecule has 6 heteroatoms.